The number of rotatable bonds is 52. The Morgan fingerprint density at radius 2 is 0.778 bits per heavy atom. The van der Waals surface area contributed by atoms with Gasteiger partial charge in [0.1, 0.15) is 6.10 Å². The van der Waals surface area contributed by atoms with Crippen molar-refractivity contribution in [3.63, 3.8) is 0 Å². The van der Waals surface area contributed by atoms with Crippen molar-refractivity contribution in [2.24, 2.45) is 0 Å². The molecule has 3 unspecified atom stereocenters. The quantitative estimate of drug-likeness (QED) is 0.0321. The second kappa shape index (κ2) is 51.6. The first-order chi connectivity index (χ1) is 31.0. The molecule has 374 valence electrons. The lowest BCUT2D eigenvalue weighted by molar-refractivity contribution is -0.151. The Hall–Kier alpha value is -1.40. The molecule has 0 aromatic carbocycles. The van der Waals surface area contributed by atoms with Crippen molar-refractivity contribution in [2.75, 3.05) is 6.61 Å². The third kappa shape index (κ3) is 46.9. The average molecular weight is 891 g/mol. The third-order valence-corrected chi connectivity index (χ3v) is 13.3. The largest absolute Gasteiger partial charge is 0.462 e. The van der Waals surface area contributed by atoms with Crippen LogP contribution in [-0.2, 0) is 14.3 Å². The highest BCUT2D eigenvalue weighted by molar-refractivity contribution is 5.77. The van der Waals surface area contributed by atoms with Gasteiger partial charge in [0.15, 0.2) is 0 Å². The number of aliphatic hydroxyl groups is 2. The highest BCUT2D eigenvalue weighted by atomic mass is 16.5. The summed E-state index contributed by atoms with van der Waals surface area (Å²) < 4.78 is 5.94. The Morgan fingerprint density at radius 1 is 0.444 bits per heavy atom. The Labute approximate surface area is 393 Å². The maximum Gasteiger partial charge on any atom is 0.306 e. The van der Waals surface area contributed by atoms with Gasteiger partial charge in [0, 0.05) is 6.42 Å². The molecule has 0 saturated carbocycles. The predicted molar refractivity (Wildman–Crippen MR) is 273 cm³/mol. The first-order valence-corrected chi connectivity index (χ1v) is 28.4. The second-order valence-electron chi connectivity index (χ2n) is 19.7. The van der Waals surface area contributed by atoms with Gasteiger partial charge in [-0.25, -0.2) is 0 Å². The van der Waals surface area contributed by atoms with Crippen molar-refractivity contribution in [3.05, 3.63) is 12.2 Å². The van der Waals surface area contributed by atoms with Crippen LogP contribution in [0.15, 0.2) is 12.2 Å². The molecule has 0 aliphatic rings. The van der Waals surface area contributed by atoms with E-state index >= 15 is 0 Å². The normalized spacial score (nSPS) is 13.2. The summed E-state index contributed by atoms with van der Waals surface area (Å²) in [6, 6.07) is -0.704. The van der Waals surface area contributed by atoms with Crippen LogP contribution in [0.1, 0.15) is 316 Å². The molecule has 3 atom stereocenters. The summed E-state index contributed by atoms with van der Waals surface area (Å²) in [6.45, 7) is 6.51. The minimum Gasteiger partial charge on any atom is -0.462 e. The van der Waals surface area contributed by atoms with Crippen LogP contribution in [0.3, 0.4) is 0 Å². The van der Waals surface area contributed by atoms with Gasteiger partial charge in [0.2, 0.25) is 5.91 Å². The molecular formula is C57H111NO5. The fourth-order valence-corrected chi connectivity index (χ4v) is 9.02. The lowest BCUT2D eigenvalue weighted by Crippen LogP contribution is -2.46. The minimum absolute atomic E-state index is 0.0642. The van der Waals surface area contributed by atoms with Gasteiger partial charge < -0.3 is 20.3 Å². The molecule has 0 radical (unpaired) electrons. The van der Waals surface area contributed by atoms with Crippen LogP contribution in [0.2, 0.25) is 0 Å². The van der Waals surface area contributed by atoms with Crippen LogP contribution < -0.4 is 5.32 Å². The minimum atomic E-state index is -0.789. The zero-order valence-corrected chi connectivity index (χ0v) is 42.7. The maximum absolute atomic E-state index is 13.2. The molecule has 6 heteroatoms. The lowest BCUT2D eigenvalue weighted by atomic mass is 10.0. The van der Waals surface area contributed by atoms with Gasteiger partial charge in [-0.3, -0.25) is 9.59 Å². The Balaban J connectivity index is 4.47. The molecule has 0 bridgehead atoms. The van der Waals surface area contributed by atoms with Crippen LogP contribution in [0, 0.1) is 0 Å². The SMILES string of the molecule is CCCCCCCCC/C=C\CCCC(CC(=O)NC(CO)C(O)CCCCCCCCCCCCCCCC)OC(=O)CCCCCCCCCCCCCCCCCCCC. The standard InChI is InChI=1S/C57H111NO5/c1-4-7-10-13-16-19-22-25-27-28-29-30-32-35-38-41-44-47-50-57(62)63-53(48-45-42-39-36-33-24-21-18-15-12-9-6-3)51-56(61)58-54(52-59)55(60)49-46-43-40-37-34-31-26-23-20-17-14-11-8-5-2/h36,39,53-55,59-60H,4-35,37-38,40-52H2,1-3H3,(H,58,61)/b39-36-. The number of hydrogen-bond donors (Lipinski definition) is 3. The summed E-state index contributed by atoms with van der Waals surface area (Å²) in [5, 5.41) is 23.8. The number of aliphatic hydroxyl groups excluding tert-OH is 2. The fourth-order valence-electron chi connectivity index (χ4n) is 9.02. The summed E-state index contributed by atoms with van der Waals surface area (Å²) in [6.07, 6.45) is 58.5. The van der Waals surface area contributed by atoms with Crippen LogP contribution in [0.4, 0.5) is 0 Å². The number of allylic oxidation sites excluding steroid dienone is 2. The van der Waals surface area contributed by atoms with E-state index in [-0.39, 0.29) is 24.9 Å². The molecule has 0 spiro atoms. The Morgan fingerprint density at radius 3 is 1.16 bits per heavy atom. The summed E-state index contributed by atoms with van der Waals surface area (Å²) >= 11 is 0. The second-order valence-corrected chi connectivity index (χ2v) is 19.7. The Bertz CT molecular complexity index is 955. The van der Waals surface area contributed by atoms with Crippen LogP contribution >= 0.6 is 0 Å². The van der Waals surface area contributed by atoms with E-state index in [0.717, 1.165) is 51.4 Å². The van der Waals surface area contributed by atoms with Gasteiger partial charge >= 0.3 is 5.97 Å². The van der Waals surface area contributed by atoms with Gasteiger partial charge in [-0.1, -0.05) is 270 Å². The topological polar surface area (TPSA) is 95.9 Å². The van der Waals surface area contributed by atoms with Crippen molar-refractivity contribution in [1.82, 2.24) is 5.32 Å². The van der Waals surface area contributed by atoms with E-state index in [9.17, 15) is 19.8 Å². The van der Waals surface area contributed by atoms with Gasteiger partial charge in [-0.05, 0) is 44.9 Å². The molecule has 0 aliphatic heterocycles. The molecule has 0 aromatic heterocycles. The number of amides is 1. The first-order valence-electron chi connectivity index (χ1n) is 28.4. The van der Waals surface area contributed by atoms with E-state index in [1.165, 1.54) is 218 Å². The smallest absolute Gasteiger partial charge is 0.306 e. The van der Waals surface area contributed by atoms with Gasteiger partial charge in [0.25, 0.3) is 0 Å². The molecule has 0 aromatic rings. The maximum atomic E-state index is 13.2. The number of unbranched alkanes of at least 4 members (excludes halogenated alkanes) is 38. The summed E-state index contributed by atoms with van der Waals surface area (Å²) in [5.41, 5.74) is 0. The van der Waals surface area contributed by atoms with Crippen molar-refractivity contribution in [1.29, 1.82) is 0 Å². The van der Waals surface area contributed by atoms with E-state index in [1.54, 1.807) is 0 Å². The molecule has 63 heavy (non-hydrogen) atoms. The predicted octanol–water partition coefficient (Wildman–Crippen LogP) is 17.3. The average Bonchev–Trinajstić information content (AvgIpc) is 3.28. The fraction of sp³-hybridized carbons (Fsp3) is 0.930. The highest BCUT2D eigenvalue weighted by Crippen LogP contribution is 2.18. The van der Waals surface area contributed by atoms with Gasteiger partial charge in [-0.15, -0.1) is 0 Å². The van der Waals surface area contributed by atoms with Crippen molar-refractivity contribution >= 4 is 11.9 Å². The van der Waals surface area contributed by atoms with E-state index in [4.69, 9.17) is 4.74 Å². The molecule has 0 fully saturated rings. The van der Waals surface area contributed by atoms with Gasteiger partial charge in [0.05, 0.1) is 25.2 Å². The lowest BCUT2D eigenvalue weighted by Gasteiger charge is -2.24. The summed E-state index contributed by atoms with van der Waals surface area (Å²) in [4.78, 5) is 26.2. The molecule has 0 rings (SSSR count). The number of esters is 1. The number of hydrogen-bond acceptors (Lipinski definition) is 5. The summed E-state index contributed by atoms with van der Waals surface area (Å²) in [7, 11) is 0. The van der Waals surface area contributed by atoms with Gasteiger partial charge in [-0.2, -0.15) is 0 Å². The molecule has 6 nitrogen and oxygen atoms in total. The number of ether oxygens (including phenoxy) is 1. The summed E-state index contributed by atoms with van der Waals surface area (Å²) in [5.74, 6) is -0.482. The number of carbonyl (C=O) groups is 2. The van der Waals surface area contributed by atoms with E-state index in [1.807, 2.05) is 0 Å². The highest BCUT2D eigenvalue weighted by Gasteiger charge is 2.24. The molecule has 0 saturated heterocycles. The van der Waals surface area contributed by atoms with E-state index < -0.39 is 18.2 Å². The number of nitrogens with one attached hydrogen (secondary N) is 1. The van der Waals surface area contributed by atoms with Crippen molar-refractivity contribution in [3.8, 4) is 0 Å². The van der Waals surface area contributed by atoms with Crippen LogP contribution in [0.25, 0.3) is 0 Å². The van der Waals surface area contributed by atoms with E-state index in [0.29, 0.717) is 19.3 Å². The third-order valence-electron chi connectivity index (χ3n) is 13.3. The first kappa shape index (κ1) is 61.6. The van der Waals surface area contributed by atoms with Crippen LogP contribution in [0.5, 0.6) is 0 Å². The van der Waals surface area contributed by atoms with Crippen molar-refractivity contribution < 1.29 is 24.5 Å². The zero-order chi connectivity index (χ0) is 45.9. The molecule has 0 aliphatic carbocycles. The number of carbonyl (C=O) groups excluding carboxylic acids is 2. The monoisotopic (exact) mass is 890 g/mol. The molecular weight excluding hydrogens is 779 g/mol. The van der Waals surface area contributed by atoms with Crippen LogP contribution in [-0.4, -0.2) is 46.9 Å². The molecule has 3 N–H and O–H groups in total. The zero-order valence-electron chi connectivity index (χ0n) is 42.7. The Kier molecular flexibility index (Phi) is 50.4. The van der Waals surface area contributed by atoms with E-state index in [2.05, 4.69) is 38.2 Å². The molecule has 0 heterocycles. The molecule has 1 amide bonds. The van der Waals surface area contributed by atoms with Crippen molar-refractivity contribution in [2.45, 2.75) is 334 Å².